The summed E-state index contributed by atoms with van der Waals surface area (Å²) in [6.07, 6.45) is 1.65. The minimum absolute atomic E-state index is 0.0229. The molecule has 0 aromatic heterocycles. The first-order valence-electron chi connectivity index (χ1n) is 6.48. The lowest BCUT2D eigenvalue weighted by Crippen LogP contribution is -2.36. The van der Waals surface area contributed by atoms with E-state index in [2.05, 4.69) is 0 Å². The van der Waals surface area contributed by atoms with Gasteiger partial charge in [0, 0.05) is 25.6 Å². The van der Waals surface area contributed by atoms with Crippen LogP contribution in [-0.2, 0) is 4.79 Å². The van der Waals surface area contributed by atoms with Crippen LogP contribution in [0.5, 0.6) is 0 Å². The molecule has 0 spiro atoms. The molecule has 1 heterocycles. The fourth-order valence-electron chi connectivity index (χ4n) is 2.62. The van der Waals surface area contributed by atoms with Crippen molar-refractivity contribution in [2.45, 2.75) is 19.3 Å². The summed E-state index contributed by atoms with van der Waals surface area (Å²) in [7, 11) is 0. The highest BCUT2D eigenvalue weighted by Crippen LogP contribution is 2.38. The van der Waals surface area contributed by atoms with Crippen LogP contribution in [0.4, 0.5) is 11.4 Å². The van der Waals surface area contributed by atoms with E-state index in [1.165, 1.54) is 12.1 Å². The zero-order chi connectivity index (χ0) is 15.6. The van der Waals surface area contributed by atoms with Gasteiger partial charge in [0.1, 0.15) is 5.69 Å². The maximum Gasteiger partial charge on any atom is 0.303 e. The standard InChI is InChI=1S/C13H14Cl2N2O4/c14-9-5-11(12(17(20)21)6-10(9)15)16-3-1-2-8(7-16)4-13(18)19/h5-6,8H,1-4,7H2,(H,18,19). The Morgan fingerprint density at radius 2 is 2.10 bits per heavy atom. The number of rotatable bonds is 4. The average Bonchev–Trinajstić information content (AvgIpc) is 2.40. The Kier molecular flexibility index (Phi) is 4.90. The number of hydrogen-bond acceptors (Lipinski definition) is 4. The lowest BCUT2D eigenvalue weighted by Gasteiger charge is -2.33. The Bertz CT molecular complexity index is 580. The normalized spacial score (nSPS) is 18.6. The molecule has 0 radical (unpaired) electrons. The van der Waals surface area contributed by atoms with Crippen LogP contribution in [0.15, 0.2) is 12.1 Å². The first kappa shape index (κ1) is 15.9. The van der Waals surface area contributed by atoms with Crippen LogP contribution >= 0.6 is 23.2 Å². The van der Waals surface area contributed by atoms with Gasteiger partial charge in [-0.3, -0.25) is 14.9 Å². The molecule has 1 atom stereocenters. The molecule has 1 aromatic rings. The number of piperidine rings is 1. The third kappa shape index (κ3) is 3.77. The van der Waals surface area contributed by atoms with Crippen molar-refractivity contribution in [1.82, 2.24) is 0 Å². The second kappa shape index (κ2) is 6.49. The Balaban J connectivity index is 2.30. The van der Waals surface area contributed by atoms with E-state index >= 15 is 0 Å². The summed E-state index contributed by atoms with van der Waals surface area (Å²) < 4.78 is 0. The molecule has 1 fully saturated rings. The summed E-state index contributed by atoms with van der Waals surface area (Å²) in [6.45, 7) is 1.10. The maximum absolute atomic E-state index is 11.2. The quantitative estimate of drug-likeness (QED) is 0.672. The molecule has 1 aliphatic rings. The highest BCUT2D eigenvalue weighted by molar-refractivity contribution is 6.42. The molecule has 1 aromatic carbocycles. The van der Waals surface area contributed by atoms with E-state index in [1.54, 1.807) is 0 Å². The van der Waals surface area contributed by atoms with Crippen LogP contribution < -0.4 is 4.90 Å². The summed E-state index contributed by atoms with van der Waals surface area (Å²) in [5.41, 5.74) is 0.282. The topological polar surface area (TPSA) is 83.7 Å². The van der Waals surface area contributed by atoms with Gasteiger partial charge in [0.05, 0.1) is 15.0 Å². The van der Waals surface area contributed by atoms with E-state index in [1.807, 2.05) is 4.90 Å². The third-order valence-corrected chi connectivity index (χ3v) is 4.26. The number of aliphatic carboxylic acids is 1. The Hall–Kier alpha value is -1.53. The third-order valence-electron chi connectivity index (χ3n) is 3.54. The van der Waals surface area contributed by atoms with Crippen LogP contribution in [-0.4, -0.2) is 29.1 Å². The van der Waals surface area contributed by atoms with Crippen molar-refractivity contribution >= 4 is 40.5 Å². The summed E-state index contributed by atoms with van der Waals surface area (Å²) in [5.74, 6) is -0.879. The molecule has 114 valence electrons. The van der Waals surface area contributed by atoms with Gasteiger partial charge < -0.3 is 10.0 Å². The summed E-state index contributed by atoms with van der Waals surface area (Å²) in [6, 6.07) is 2.71. The minimum atomic E-state index is -0.856. The van der Waals surface area contributed by atoms with Crippen LogP contribution in [0.25, 0.3) is 0 Å². The Labute approximate surface area is 131 Å². The second-order valence-corrected chi connectivity index (χ2v) is 5.88. The van der Waals surface area contributed by atoms with Crippen molar-refractivity contribution in [2.24, 2.45) is 5.92 Å². The molecule has 0 aliphatic carbocycles. The van der Waals surface area contributed by atoms with Crippen LogP contribution in [0.1, 0.15) is 19.3 Å². The van der Waals surface area contributed by atoms with Gasteiger partial charge in [0.2, 0.25) is 0 Å². The van der Waals surface area contributed by atoms with E-state index in [0.29, 0.717) is 18.8 Å². The van der Waals surface area contributed by atoms with Gasteiger partial charge in [-0.15, -0.1) is 0 Å². The van der Waals surface area contributed by atoms with Gasteiger partial charge in [-0.2, -0.15) is 0 Å². The molecule has 0 amide bonds. The van der Waals surface area contributed by atoms with E-state index in [9.17, 15) is 14.9 Å². The first-order chi connectivity index (χ1) is 9.88. The molecule has 2 rings (SSSR count). The monoisotopic (exact) mass is 332 g/mol. The second-order valence-electron chi connectivity index (χ2n) is 5.06. The number of hydrogen-bond donors (Lipinski definition) is 1. The predicted molar refractivity (Wildman–Crippen MR) is 80.3 cm³/mol. The van der Waals surface area contributed by atoms with E-state index in [0.717, 1.165) is 12.8 Å². The summed E-state index contributed by atoms with van der Waals surface area (Å²) in [5, 5.41) is 20.4. The number of nitro groups is 1. The minimum Gasteiger partial charge on any atom is -0.481 e. The summed E-state index contributed by atoms with van der Waals surface area (Å²) in [4.78, 5) is 23.3. The van der Waals surface area contributed by atoms with Crippen molar-refractivity contribution in [3.05, 3.63) is 32.3 Å². The number of halogens is 2. The van der Waals surface area contributed by atoms with Crippen molar-refractivity contribution < 1.29 is 14.8 Å². The zero-order valence-electron chi connectivity index (χ0n) is 11.1. The molecule has 8 heteroatoms. The molecule has 6 nitrogen and oxygen atoms in total. The van der Waals surface area contributed by atoms with Crippen molar-refractivity contribution in [1.29, 1.82) is 0 Å². The summed E-state index contributed by atoms with van der Waals surface area (Å²) >= 11 is 11.8. The Morgan fingerprint density at radius 3 is 2.71 bits per heavy atom. The molecule has 0 saturated carbocycles. The number of anilines is 1. The number of nitrogens with zero attached hydrogens (tertiary/aromatic N) is 2. The van der Waals surface area contributed by atoms with Crippen LogP contribution in [0.2, 0.25) is 10.0 Å². The Morgan fingerprint density at radius 1 is 1.43 bits per heavy atom. The molecule has 1 saturated heterocycles. The van der Waals surface area contributed by atoms with Gasteiger partial charge in [-0.25, -0.2) is 0 Å². The number of nitro benzene ring substituents is 1. The molecular weight excluding hydrogens is 319 g/mol. The van der Waals surface area contributed by atoms with E-state index in [-0.39, 0.29) is 28.1 Å². The molecule has 0 bridgehead atoms. The zero-order valence-corrected chi connectivity index (χ0v) is 12.6. The number of carbonyl (C=O) groups is 1. The lowest BCUT2D eigenvalue weighted by molar-refractivity contribution is -0.384. The van der Waals surface area contributed by atoms with Crippen molar-refractivity contribution in [3.8, 4) is 0 Å². The first-order valence-corrected chi connectivity index (χ1v) is 7.24. The van der Waals surface area contributed by atoms with Gasteiger partial charge >= 0.3 is 5.97 Å². The fraction of sp³-hybridized carbons (Fsp3) is 0.462. The van der Waals surface area contributed by atoms with Crippen molar-refractivity contribution in [2.75, 3.05) is 18.0 Å². The number of carboxylic acid groups (broad SMARTS) is 1. The van der Waals surface area contributed by atoms with Gasteiger partial charge in [-0.1, -0.05) is 23.2 Å². The van der Waals surface area contributed by atoms with Gasteiger partial charge in [0.15, 0.2) is 0 Å². The lowest BCUT2D eigenvalue weighted by atomic mass is 9.94. The highest BCUT2D eigenvalue weighted by atomic mass is 35.5. The molecule has 1 unspecified atom stereocenters. The smallest absolute Gasteiger partial charge is 0.303 e. The molecular formula is C13H14Cl2N2O4. The maximum atomic E-state index is 11.2. The van der Waals surface area contributed by atoms with Gasteiger partial charge in [0.25, 0.3) is 5.69 Å². The highest BCUT2D eigenvalue weighted by Gasteiger charge is 2.27. The van der Waals surface area contributed by atoms with Crippen LogP contribution in [0, 0.1) is 16.0 Å². The largest absolute Gasteiger partial charge is 0.481 e. The molecule has 1 N–H and O–H groups in total. The SMILES string of the molecule is O=C(O)CC1CCCN(c2cc(Cl)c(Cl)cc2[N+](=O)[O-])C1. The number of benzene rings is 1. The predicted octanol–water partition coefficient (Wildman–Crippen LogP) is 3.59. The van der Waals surface area contributed by atoms with E-state index in [4.69, 9.17) is 28.3 Å². The van der Waals surface area contributed by atoms with Crippen LogP contribution in [0.3, 0.4) is 0 Å². The van der Waals surface area contributed by atoms with E-state index < -0.39 is 10.9 Å². The van der Waals surface area contributed by atoms with Gasteiger partial charge in [-0.05, 0) is 24.8 Å². The van der Waals surface area contributed by atoms with Crippen molar-refractivity contribution in [3.63, 3.8) is 0 Å². The average molecular weight is 333 g/mol. The number of carboxylic acids is 1. The molecule has 1 aliphatic heterocycles. The molecule has 21 heavy (non-hydrogen) atoms. The fourth-order valence-corrected chi connectivity index (χ4v) is 2.94.